The van der Waals surface area contributed by atoms with Crippen molar-refractivity contribution in [1.29, 1.82) is 0 Å². The first kappa shape index (κ1) is 12.2. The molecule has 20 heavy (non-hydrogen) atoms. The highest BCUT2D eigenvalue weighted by atomic mass is 14.7. The summed E-state index contributed by atoms with van der Waals surface area (Å²) in [4.78, 5) is 0. The molecule has 100 valence electrons. The van der Waals surface area contributed by atoms with E-state index in [4.69, 9.17) is 22.9 Å². The van der Waals surface area contributed by atoms with Gasteiger partial charge in [-0.15, -0.1) is 0 Å². The number of nitrogen functional groups attached to an aromatic ring is 4. The summed E-state index contributed by atoms with van der Waals surface area (Å²) in [6.07, 6.45) is 8.01. The average molecular weight is 264 g/mol. The minimum atomic E-state index is 0.583. The van der Waals surface area contributed by atoms with E-state index in [2.05, 4.69) is 0 Å². The number of hydrogen-bond acceptors (Lipinski definition) is 4. The van der Waals surface area contributed by atoms with Gasteiger partial charge < -0.3 is 22.9 Å². The van der Waals surface area contributed by atoms with E-state index in [0.29, 0.717) is 22.7 Å². The van der Waals surface area contributed by atoms with Gasteiger partial charge in [0.15, 0.2) is 0 Å². The lowest BCUT2D eigenvalue weighted by Crippen LogP contribution is -1.99. The first-order valence-corrected chi connectivity index (χ1v) is 6.29. The van der Waals surface area contributed by atoms with Gasteiger partial charge in [-0.1, -0.05) is 24.3 Å². The van der Waals surface area contributed by atoms with Crippen molar-refractivity contribution < 1.29 is 0 Å². The van der Waals surface area contributed by atoms with Crippen LogP contribution in [0.25, 0.3) is 24.3 Å². The summed E-state index contributed by atoms with van der Waals surface area (Å²) in [5.41, 5.74) is 29.8. The van der Waals surface area contributed by atoms with Gasteiger partial charge in [0.25, 0.3) is 0 Å². The fraction of sp³-hybridized carbons (Fsp3) is 0. The van der Waals surface area contributed by atoms with Gasteiger partial charge in [0.05, 0.1) is 22.7 Å². The molecule has 0 aliphatic heterocycles. The Hall–Kier alpha value is -2.88. The molecule has 2 aromatic carbocycles. The molecule has 0 saturated heterocycles. The first-order chi connectivity index (χ1) is 9.54. The normalized spacial score (nSPS) is 15.6. The van der Waals surface area contributed by atoms with Crippen molar-refractivity contribution in [3.05, 3.63) is 46.5 Å². The second kappa shape index (κ2) is 4.35. The van der Waals surface area contributed by atoms with E-state index in [0.717, 1.165) is 22.3 Å². The predicted octanol–water partition coefficient (Wildman–Crippen LogP) is 2.67. The Balaban J connectivity index is 2.18. The Morgan fingerprint density at radius 2 is 0.600 bits per heavy atom. The largest absolute Gasteiger partial charge is 0.397 e. The summed E-state index contributed by atoms with van der Waals surface area (Å²) in [6, 6.07) is 7.49. The maximum absolute atomic E-state index is 5.85. The number of benzene rings is 2. The van der Waals surface area contributed by atoms with Gasteiger partial charge in [0.1, 0.15) is 0 Å². The van der Waals surface area contributed by atoms with Crippen molar-refractivity contribution in [2.24, 2.45) is 0 Å². The van der Waals surface area contributed by atoms with Gasteiger partial charge in [-0.2, -0.15) is 0 Å². The zero-order valence-corrected chi connectivity index (χ0v) is 10.9. The number of rotatable bonds is 0. The van der Waals surface area contributed by atoms with Gasteiger partial charge >= 0.3 is 0 Å². The van der Waals surface area contributed by atoms with Crippen LogP contribution in [0.4, 0.5) is 22.7 Å². The summed E-state index contributed by atoms with van der Waals surface area (Å²) >= 11 is 0. The molecule has 4 heteroatoms. The lowest BCUT2D eigenvalue weighted by molar-refractivity contribution is 1.56. The molecule has 0 radical (unpaired) electrons. The van der Waals surface area contributed by atoms with Crippen LogP contribution in [0.3, 0.4) is 0 Å². The number of anilines is 4. The third-order valence-electron chi connectivity index (χ3n) is 3.46. The molecule has 0 fully saturated rings. The maximum atomic E-state index is 5.85. The molecule has 0 bridgehead atoms. The van der Waals surface area contributed by atoms with E-state index in [1.807, 2.05) is 48.6 Å². The van der Waals surface area contributed by atoms with Crippen molar-refractivity contribution in [3.63, 3.8) is 0 Å². The molecule has 2 aromatic rings. The highest BCUT2D eigenvalue weighted by Gasteiger charge is 2.07. The van der Waals surface area contributed by atoms with Crippen LogP contribution in [0.15, 0.2) is 24.3 Å². The molecular formula is C16H16N4. The van der Waals surface area contributed by atoms with Crippen molar-refractivity contribution in [3.8, 4) is 0 Å². The molecular weight excluding hydrogens is 248 g/mol. The number of hydrogen-bond donors (Lipinski definition) is 4. The van der Waals surface area contributed by atoms with Crippen molar-refractivity contribution >= 4 is 47.1 Å². The van der Waals surface area contributed by atoms with Crippen LogP contribution >= 0.6 is 0 Å². The third kappa shape index (κ3) is 1.97. The van der Waals surface area contributed by atoms with E-state index in [9.17, 15) is 0 Å². The lowest BCUT2D eigenvalue weighted by Gasteiger charge is -2.11. The zero-order valence-electron chi connectivity index (χ0n) is 10.9. The highest BCUT2D eigenvalue weighted by molar-refractivity contribution is 5.90. The van der Waals surface area contributed by atoms with Crippen LogP contribution in [0.1, 0.15) is 22.3 Å². The highest BCUT2D eigenvalue weighted by Crippen LogP contribution is 2.30. The fourth-order valence-corrected chi connectivity index (χ4v) is 2.27. The molecule has 0 spiro atoms. The monoisotopic (exact) mass is 264 g/mol. The Kier molecular flexibility index (Phi) is 2.64. The van der Waals surface area contributed by atoms with Gasteiger partial charge in [-0.3, -0.25) is 0 Å². The van der Waals surface area contributed by atoms with Gasteiger partial charge in [0, 0.05) is 0 Å². The molecule has 0 saturated carbocycles. The van der Waals surface area contributed by atoms with Gasteiger partial charge in [-0.25, -0.2) is 0 Å². The maximum Gasteiger partial charge on any atom is 0.0554 e. The van der Waals surface area contributed by atoms with E-state index in [1.54, 1.807) is 0 Å². The molecule has 1 aliphatic carbocycles. The topological polar surface area (TPSA) is 104 Å². The molecule has 1 aliphatic rings. The molecule has 0 heterocycles. The lowest BCUT2D eigenvalue weighted by atomic mass is 9.96. The molecule has 0 amide bonds. The van der Waals surface area contributed by atoms with Crippen LogP contribution < -0.4 is 22.9 Å². The Morgan fingerprint density at radius 1 is 0.400 bits per heavy atom. The molecule has 0 aromatic heterocycles. The minimum Gasteiger partial charge on any atom is -0.397 e. The third-order valence-corrected chi connectivity index (χ3v) is 3.46. The fourth-order valence-electron chi connectivity index (χ4n) is 2.27. The molecule has 3 rings (SSSR count). The minimum absolute atomic E-state index is 0.583. The molecule has 4 nitrogen and oxygen atoms in total. The van der Waals surface area contributed by atoms with Crippen molar-refractivity contribution in [1.82, 2.24) is 0 Å². The second-order valence-corrected chi connectivity index (χ2v) is 4.89. The van der Waals surface area contributed by atoms with Crippen LogP contribution in [-0.4, -0.2) is 0 Å². The summed E-state index contributed by atoms with van der Waals surface area (Å²) in [5, 5.41) is 0. The van der Waals surface area contributed by atoms with Gasteiger partial charge in [0.2, 0.25) is 0 Å². The van der Waals surface area contributed by atoms with E-state index >= 15 is 0 Å². The summed E-state index contributed by atoms with van der Waals surface area (Å²) in [7, 11) is 0. The van der Waals surface area contributed by atoms with Crippen LogP contribution in [0.2, 0.25) is 0 Å². The zero-order chi connectivity index (χ0) is 14.3. The Labute approximate surface area is 117 Å². The number of nitrogens with two attached hydrogens (primary N) is 4. The SMILES string of the molecule is Nc1cc2c(cc1N)/C=C\c1cc(N)c(N)cc1/C=C\2. The van der Waals surface area contributed by atoms with Crippen molar-refractivity contribution in [2.45, 2.75) is 0 Å². The Morgan fingerprint density at radius 3 is 0.800 bits per heavy atom. The quantitative estimate of drug-likeness (QED) is 0.468. The summed E-state index contributed by atoms with van der Waals surface area (Å²) < 4.78 is 0. The van der Waals surface area contributed by atoms with E-state index in [1.165, 1.54) is 0 Å². The first-order valence-electron chi connectivity index (χ1n) is 6.29. The summed E-state index contributed by atoms with van der Waals surface area (Å²) in [6.45, 7) is 0. The Bertz CT molecular complexity index is 630. The number of fused-ring (bicyclic) bond motifs is 2. The van der Waals surface area contributed by atoms with Crippen molar-refractivity contribution in [2.75, 3.05) is 22.9 Å². The van der Waals surface area contributed by atoms with E-state index in [-0.39, 0.29) is 0 Å². The standard InChI is InChI=1S/C16H16N4/c17-13-5-9-1-2-10-6-14(18)16(20)8-12(10)4-3-11(9)7-15(13)19/h1-8H,17-20H2/b2-1-,4-3-,9-1?,10-2?,11-3?,12-4?. The van der Waals surface area contributed by atoms with Crippen LogP contribution in [-0.2, 0) is 0 Å². The van der Waals surface area contributed by atoms with Gasteiger partial charge in [-0.05, 0) is 46.5 Å². The molecule has 8 N–H and O–H groups in total. The molecule has 0 atom stereocenters. The predicted molar refractivity (Wildman–Crippen MR) is 88.4 cm³/mol. The summed E-state index contributed by atoms with van der Waals surface area (Å²) in [5.74, 6) is 0. The molecule has 0 unspecified atom stereocenters. The smallest absolute Gasteiger partial charge is 0.0554 e. The second-order valence-electron chi connectivity index (χ2n) is 4.89. The van der Waals surface area contributed by atoms with Crippen LogP contribution in [0.5, 0.6) is 0 Å². The average Bonchev–Trinajstić information content (AvgIpc) is 2.40. The van der Waals surface area contributed by atoms with Crippen LogP contribution in [0, 0.1) is 0 Å². The van der Waals surface area contributed by atoms with E-state index < -0.39 is 0 Å².